The third-order valence-corrected chi connectivity index (χ3v) is 3.68. The van der Waals surface area contributed by atoms with Gasteiger partial charge in [-0.15, -0.1) is 0 Å². The van der Waals surface area contributed by atoms with Crippen molar-refractivity contribution in [2.24, 2.45) is 0 Å². The summed E-state index contributed by atoms with van der Waals surface area (Å²) in [6, 6.07) is 13.1. The maximum Gasteiger partial charge on any atom is 0.258 e. The molecule has 0 atom stereocenters. The Hall–Kier alpha value is -2.82. The smallest absolute Gasteiger partial charge is 0.258 e. The van der Waals surface area contributed by atoms with E-state index in [9.17, 15) is 9.59 Å². The number of nitrogens with one attached hydrogen (secondary N) is 2. The van der Waals surface area contributed by atoms with Gasteiger partial charge in [-0.1, -0.05) is 24.3 Å². The molecule has 126 valence electrons. The number of aryl methyl sites for hydroxylation is 1. The van der Waals surface area contributed by atoms with Crippen LogP contribution in [0.4, 0.5) is 5.69 Å². The number of rotatable bonds is 6. The lowest BCUT2D eigenvalue weighted by atomic mass is 10.1. The van der Waals surface area contributed by atoms with E-state index in [4.69, 9.17) is 4.74 Å². The number of hydrogen-bond donors (Lipinski definition) is 2. The lowest BCUT2D eigenvalue weighted by Crippen LogP contribution is -2.28. The normalized spacial score (nSPS) is 10.1. The quantitative estimate of drug-likeness (QED) is 0.857. The van der Waals surface area contributed by atoms with Gasteiger partial charge in [-0.2, -0.15) is 0 Å². The van der Waals surface area contributed by atoms with Crippen LogP contribution in [0.15, 0.2) is 42.5 Å². The van der Waals surface area contributed by atoms with Gasteiger partial charge in [-0.05, 0) is 48.7 Å². The minimum absolute atomic E-state index is 0.0196. The standard InChI is InChI=1S/C19H22N2O3/c1-13-5-4-6-18(14(13)2)24-12-19(23)20-11-16-7-9-17(10-8-16)21-15(3)22/h4-10H,11-12H2,1-3H3,(H,20,23)(H,21,22). The molecule has 2 rings (SSSR count). The van der Waals surface area contributed by atoms with E-state index >= 15 is 0 Å². The summed E-state index contributed by atoms with van der Waals surface area (Å²) in [5, 5.41) is 5.51. The van der Waals surface area contributed by atoms with Gasteiger partial charge in [0.05, 0.1) is 0 Å². The molecule has 0 heterocycles. The summed E-state index contributed by atoms with van der Waals surface area (Å²) in [5.74, 6) is 0.436. The molecule has 0 aliphatic carbocycles. The molecule has 0 radical (unpaired) electrons. The molecule has 0 saturated heterocycles. The maximum absolute atomic E-state index is 11.9. The van der Waals surface area contributed by atoms with Crippen molar-refractivity contribution in [2.45, 2.75) is 27.3 Å². The molecule has 0 fully saturated rings. The molecule has 5 nitrogen and oxygen atoms in total. The van der Waals surface area contributed by atoms with Crippen LogP contribution in [0.25, 0.3) is 0 Å². The minimum atomic E-state index is -0.179. The summed E-state index contributed by atoms with van der Waals surface area (Å²) < 4.78 is 5.57. The largest absolute Gasteiger partial charge is 0.483 e. The van der Waals surface area contributed by atoms with Crippen molar-refractivity contribution >= 4 is 17.5 Å². The lowest BCUT2D eigenvalue weighted by Gasteiger charge is -2.11. The summed E-state index contributed by atoms with van der Waals surface area (Å²) in [5.41, 5.74) is 3.85. The second kappa shape index (κ2) is 8.15. The Bertz CT molecular complexity index is 724. The predicted octanol–water partition coefficient (Wildman–Crippen LogP) is 2.96. The molecule has 2 N–H and O–H groups in total. The van der Waals surface area contributed by atoms with Crippen molar-refractivity contribution in [1.82, 2.24) is 5.32 Å². The first-order valence-electron chi connectivity index (χ1n) is 7.78. The third kappa shape index (κ3) is 5.12. The van der Waals surface area contributed by atoms with Gasteiger partial charge in [0.1, 0.15) is 5.75 Å². The monoisotopic (exact) mass is 326 g/mol. The van der Waals surface area contributed by atoms with Crippen LogP contribution in [0, 0.1) is 13.8 Å². The number of ether oxygens (including phenoxy) is 1. The lowest BCUT2D eigenvalue weighted by molar-refractivity contribution is -0.123. The van der Waals surface area contributed by atoms with Crippen molar-refractivity contribution in [2.75, 3.05) is 11.9 Å². The Labute approximate surface area is 142 Å². The molecule has 2 aromatic rings. The van der Waals surface area contributed by atoms with Crippen LogP contribution in [0.1, 0.15) is 23.6 Å². The zero-order valence-electron chi connectivity index (χ0n) is 14.2. The molecule has 0 aliphatic rings. The number of amides is 2. The van der Waals surface area contributed by atoms with Crippen LogP contribution in [-0.4, -0.2) is 18.4 Å². The molecular formula is C19H22N2O3. The third-order valence-electron chi connectivity index (χ3n) is 3.68. The first-order valence-corrected chi connectivity index (χ1v) is 7.78. The summed E-state index contributed by atoms with van der Waals surface area (Å²) in [6.45, 7) is 5.83. The van der Waals surface area contributed by atoms with Crippen molar-refractivity contribution in [3.05, 3.63) is 59.2 Å². The van der Waals surface area contributed by atoms with Crippen molar-refractivity contribution in [3.8, 4) is 5.75 Å². The Kier molecular flexibility index (Phi) is 5.95. The van der Waals surface area contributed by atoms with Crippen LogP contribution in [0.2, 0.25) is 0 Å². The van der Waals surface area contributed by atoms with Crippen LogP contribution < -0.4 is 15.4 Å². The zero-order valence-corrected chi connectivity index (χ0v) is 14.2. The predicted molar refractivity (Wildman–Crippen MR) is 94.0 cm³/mol. The molecule has 0 saturated carbocycles. The average Bonchev–Trinajstić information content (AvgIpc) is 2.55. The van der Waals surface area contributed by atoms with Crippen molar-refractivity contribution in [1.29, 1.82) is 0 Å². The Morgan fingerprint density at radius 2 is 1.75 bits per heavy atom. The number of hydrogen-bond acceptors (Lipinski definition) is 3. The van der Waals surface area contributed by atoms with Gasteiger partial charge in [0, 0.05) is 19.2 Å². The summed E-state index contributed by atoms with van der Waals surface area (Å²) in [6.07, 6.45) is 0. The number of anilines is 1. The van der Waals surface area contributed by atoms with Gasteiger partial charge >= 0.3 is 0 Å². The highest BCUT2D eigenvalue weighted by molar-refractivity contribution is 5.88. The Morgan fingerprint density at radius 3 is 2.42 bits per heavy atom. The van der Waals surface area contributed by atoms with E-state index in [-0.39, 0.29) is 18.4 Å². The van der Waals surface area contributed by atoms with Crippen LogP contribution in [0.5, 0.6) is 5.75 Å². The summed E-state index contributed by atoms with van der Waals surface area (Å²) in [7, 11) is 0. The molecule has 5 heteroatoms. The highest BCUT2D eigenvalue weighted by Crippen LogP contribution is 2.20. The van der Waals surface area contributed by atoms with Gasteiger partial charge in [0.15, 0.2) is 6.61 Å². The molecule has 0 aliphatic heterocycles. The molecule has 0 unspecified atom stereocenters. The fourth-order valence-electron chi connectivity index (χ4n) is 2.18. The maximum atomic E-state index is 11.9. The van der Waals surface area contributed by atoms with E-state index in [1.807, 2.05) is 44.2 Å². The van der Waals surface area contributed by atoms with Gasteiger partial charge in [-0.3, -0.25) is 9.59 Å². The highest BCUT2D eigenvalue weighted by atomic mass is 16.5. The minimum Gasteiger partial charge on any atom is -0.483 e. The van der Waals surface area contributed by atoms with Crippen LogP contribution in [-0.2, 0) is 16.1 Å². The fourth-order valence-corrected chi connectivity index (χ4v) is 2.18. The summed E-state index contributed by atoms with van der Waals surface area (Å²) in [4.78, 5) is 22.9. The highest BCUT2D eigenvalue weighted by Gasteiger charge is 2.06. The van der Waals surface area contributed by atoms with Gasteiger partial charge < -0.3 is 15.4 Å². The fraction of sp³-hybridized carbons (Fsp3) is 0.263. The van der Waals surface area contributed by atoms with E-state index in [0.29, 0.717) is 6.54 Å². The average molecular weight is 326 g/mol. The van der Waals surface area contributed by atoms with Crippen molar-refractivity contribution in [3.63, 3.8) is 0 Å². The number of benzene rings is 2. The van der Waals surface area contributed by atoms with E-state index in [0.717, 1.165) is 28.1 Å². The van der Waals surface area contributed by atoms with E-state index in [1.54, 1.807) is 12.1 Å². The molecule has 2 amide bonds. The Balaban J connectivity index is 1.80. The van der Waals surface area contributed by atoms with E-state index in [1.165, 1.54) is 6.92 Å². The first-order chi connectivity index (χ1) is 11.5. The van der Waals surface area contributed by atoms with Crippen molar-refractivity contribution < 1.29 is 14.3 Å². The first kappa shape index (κ1) is 17.5. The van der Waals surface area contributed by atoms with Gasteiger partial charge in [0.25, 0.3) is 5.91 Å². The molecule has 24 heavy (non-hydrogen) atoms. The van der Waals surface area contributed by atoms with Gasteiger partial charge in [-0.25, -0.2) is 0 Å². The molecule has 0 aromatic heterocycles. The second-order valence-corrected chi connectivity index (χ2v) is 5.64. The number of carbonyl (C=O) groups is 2. The second-order valence-electron chi connectivity index (χ2n) is 5.64. The Morgan fingerprint density at radius 1 is 1.04 bits per heavy atom. The molecule has 0 bridgehead atoms. The van der Waals surface area contributed by atoms with Gasteiger partial charge in [0.2, 0.25) is 5.91 Å². The topological polar surface area (TPSA) is 67.4 Å². The van der Waals surface area contributed by atoms with Crippen LogP contribution in [0.3, 0.4) is 0 Å². The molecule has 2 aromatic carbocycles. The zero-order chi connectivity index (χ0) is 17.5. The van der Waals surface area contributed by atoms with Crippen LogP contribution >= 0.6 is 0 Å². The SMILES string of the molecule is CC(=O)Nc1ccc(CNC(=O)COc2cccc(C)c2C)cc1. The van der Waals surface area contributed by atoms with E-state index in [2.05, 4.69) is 10.6 Å². The molecular weight excluding hydrogens is 304 g/mol. The summed E-state index contributed by atoms with van der Waals surface area (Å²) >= 11 is 0. The molecule has 0 spiro atoms. The van der Waals surface area contributed by atoms with E-state index < -0.39 is 0 Å². The number of carbonyl (C=O) groups excluding carboxylic acids is 2.